The number of rotatable bonds is 31. The van der Waals surface area contributed by atoms with Crippen molar-refractivity contribution in [3.8, 4) is 69.0 Å². The van der Waals surface area contributed by atoms with E-state index < -0.39 is 53.5 Å². The van der Waals surface area contributed by atoms with Gasteiger partial charge in [-0.15, -0.1) is 0 Å². The molecule has 25 N–H and O–H groups in total. The molecule has 0 fully saturated rings. The highest BCUT2D eigenvalue weighted by molar-refractivity contribution is 6.10. The minimum Gasteiger partial charge on any atom is -0.508 e. The van der Waals surface area contributed by atoms with E-state index in [1.54, 1.807) is 176 Å². The van der Waals surface area contributed by atoms with Crippen molar-refractivity contribution in [1.82, 2.24) is 0 Å². The summed E-state index contributed by atoms with van der Waals surface area (Å²) in [6.07, 6.45) is 10.1. The Morgan fingerprint density at radius 3 is 0.820 bits per heavy atom. The molecule has 0 aromatic heterocycles. The summed E-state index contributed by atoms with van der Waals surface area (Å²) in [6.45, 7) is 1.86. The molecule has 38 nitrogen and oxygen atoms in total. The molecule has 150 heavy (non-hydrogen) atoms. The van der Waals surface area contributed by atoms with E-state index >= 15 is 0 Å². The van der Waals surface area contributed by atoms with Crippen molar-refractivity contribution in [2.45, 2.75) is 58.3 Å². The van der Waals surface area contributed by atoms with E-state index in [0.29, 0.717) is 59.2 Å². The molecular formula is C112H101N7O31. The molecule has 38 heteroatoms. The van der Waals surface area contributed by atoms with E-state index in [1.807, 2.05) is 13.0 Å². The molecule has 14 rings (SSSR count). The Hall–Kier alpha value is -21.0. The lowest BCUT2D eigenvalue weighted by Crippen LogP contribution is -2.15. The number of anilines is 7. The number of aryl methyl sites for hydroxylation is 5. The maximum atomic E-state index is 11.9. The van der Waals surface area contributed by atoms with Gasteiger partial charge >= 0.3 is 35.8 Å². The predicted molar refractivity (Wildman–Crippen MR) is 557 cm³/mol. The highest BCUT2D eigenvalue weighted by atomic mass is 16.4. The third-order valence-electron chi connectivity index (χ3n) is 20.8. The monoisotopic (exact) mass is 2040 g/mol. The van der Waals surface area contributed by atoms with Crippen molar-refractivity contribution in [2.75, 3.05) is 37.2 Å². The van der Waals surface area contributed by atoms with Crippen LogP contribution in [-0.4, -0.2) is 169 Å². The number of amides is 7. The van der Waals surface area contributed by atoms with Crippen molar-refractivity contribution >= 4 is 135 Å². The van der Waals surface area contributed by atoms with Crippen molar-refractivity contribution < 1.29 is 154 Å². The summed E-state index contributed by atoms with van der Waals surface area (Å²) in [7, 11) is 0. The molecule has 770 valence electrons. The maximum Gasteiger partial charge on any atom is 0.337 e. The average Bonchev–Trinajstić information content (AvgIpc) is 0.848. The number of carboxylic acids is 6. The topological polar surface area (TPSA) is 670 Å². The summed E-state index contributed by atoms with van der Waals surface area (Å²) in [5.74, 6) is -9.83. The van der Waals surface area contributed by atoms with Crippen LogP contribution in [0.1, 0.15) is 132 Å². The first-order chi connectivity index (χ1) is 71.6. The second-order valence-electron chi connectivity index (χ2n) is 31.7. The van der Waals surface area contributed by atoms with Gasteiger partial charge in [0.15, 0.2) is 0 Å². The number of carbonyl (C=O) groups is 13. The molecular weight excluding hydrogens is 1940 g/mol. The fourth-order valence-electron chi connectivity index (χ4n) is 13.2. The molecule has 0 saturated heterocycles. The molecule has 0 bridgehead atoms. The van der Waals surface area contributed by atoms with E-state index in [-0.39, 0.29) is 186 Å². The summed E-state index contributed by atoms with van der Waals surface area (Å²) in [4.78, 5) is 149. The van der Waals surface area contributed by atoms with E-state index in [9.17, 15) is 124 Å². The van der Waals surface area contributed by atoms with Crippen LogP contribution in [0.5, 0.6) is 69.0 Å². The van der Waals surface area contributed by atoms with Crippen molar-refractivity contribution in [2.24, 2.45) is 0 Å². The summed E-state index contributed by atoms with van der Waals surface area (Å²) in [6, 6.07) is 78.3. The zero-order chi connectivity index (χ0) is 109. The average molecular weight is 2040 g/mol. The van der Waals surface area contributed by atoms with Crippen LogP contribution in [0.3, 0.4) is 0 Å². The lowest BCUT2D eigenvalue weighted by molar-refractivity contribution is -0.117. The Morgan fingerprint density at radius 2 is 0.467 bits per heavy atom. The Kier molecular flexibility index (Phi) is 44.0. The third kappa shape index (κ3) is 38.5. The molecule has 0 atom stereocenters. The van der Waals surface area contributed by atoms with Crippen molar-refractivity contribution in [3.63, 3.8) is 0 Å². The van der Waals surface area contributed by atoms with Gasteiger partial charge < -0.3 is 129 Å². The minimum atomic E-state index is -1.27. The first-order valence-corrected chi connectivity index (χ1v) is 44.9. The van der Waals surface area contributed by atoms with Gasteiger partial charge in [-0.25, -0.2) is 28.8 Å². The number of carbonyl (C=O) groups excluding carboxylic acids is 7. The van der Waals surface area contributed by atoms with Gasteiger partial charge in [0.2, 0.25) is 41.4 Å². The van der Waals surface area contributed by atoms with E-state index in [2.05, 4.69) is 37.2 Å². The van der Waals surface area contributed by atoms with Crippen LogP contribution < -0.4 is 37.2 Å². The molecule has 0 radical (unpaired) electrons. The van der Waals surface area contributed by atoms with Gasteiger partial charge in [-0.1, -0.05) is 152 Å². The Morgan fingerprint density at radius 1 is 0.213 bits per heavy atom. The first-order valence-electron chi connectivity index (χ1n) is 44.9. The van der Waals surface area contributed by atoms with Crippen molar-refractivity contribution in [3.05, 3.63) is 406 Å². The zero-order valence-corrected chi connectivity index (χ0v) is 79.4. The number of hydrogen-bond acceptors (Lipinski definition) is 25. The van der Waals surface area contributed by atoms with E-state index in [4.69, 9.17) is 30.6 Å². The van der Waals surface area contributed by atoms with Gasteiger partial charge in [0.25, 0.3) is 0 Å². The number of para-hydroxylation sites is 8. The number of nitrogens with one attached hydrogen (secondary N) is 7. The Labute approximate surface area is 855 Å². The zero-order valence-electron chi connectivity index (χ0n) is 79.4. The number of phenols is 12. The van der Waals surface area contributed by atoms with Gasteiger partial charge in [0.05, 0.1) is 67.5 Å². The molecule has 0 unspecified atom stereocenters. The van der Waals surface area contributed by atoms with Crippen LogP contribution in [0.25, 0.3) is 18.2 Å². The van der Waals surface area contributed by atoms with E-state index in [1.165, 1.54) is 140 Å². The highest BCUT2D eigenvalue weighted by Gasteiger charge is 2.21. The summed E-state index contributed by atoms with van der Waals surface area (Å²) in [5, 5.41) is 186. The first kappa shape index (κ1) is 114. The number of phenolic OH excluding ortho intramolecular Hbond substituents is 12. The second-order valence-corrected chi connectivity index (χ2v) is 31.7. The van der Waals surface area contributed by atoms with Crippen LogP contribution in [0.15, 0.2) is 328 Å². The lowest BCUT2D eigenvalue weighted by atomic mass is 10.1. The molecule has 0 saturated carbocycles. The number of aromatic hydroxyl groups is 12. The van der Waals surface area contributed by atoms with Crippen LogP contribution in [0.2, 0.25) is 0 Å². The Balaban J connectivity index is 0.000000213. The number of benzene rings is 14. The number of hydrogen-bond donors (Lipinski definition) is 25. The number of aromatic carboxylic acids is 6. The standard InChI is InChI=1S/2C16H15NO5.2C16H13NO5.C16H15NO4.C16H13NO4.C16H17NO3/c18-11-3-1-2-10(8-11)4-7-15(20)17-14-9-12(19)5-6-13(14)16(21)22;2*18-11-6-7-13(12(9-11)16(21)22)17-15(20)8-5-10-3-1-2-4-14(10)19;18-11-6-7-12(16(21)22)13(9-11)17-15(20)8-5-10-3-1-2-4-14(10)19;2*18-14-8-4-1-5-11(14)9-10-15(19)17-13-7-3-2-6-12(13)16(20)21;1-11-6-8-13(18)10-14(11)17-16(20)9-7-12-4-2-3-5-15(12)19/h1-3,5-6,8-9,18-19H,4,7H2,(H,17,20)(H,21,22);1-4,6-7,9,18-19H,5,8H2,(H,17,20)(H,21,22);2*1-9,18-19H,(H,17,20)(H,21,22);1-8,18H,9-10H2,(H,17,19)(H,20,21);1-10,18H,(H,17,19)(H,20,21);2-6,8,10,18-19H,7,9H2,1H3,(H,17,20)/b;;2*8-5+;;10-9+;. The highest BCUT2D eigenvalue weighted by Crippen LogP contribution is 2.31. The SMILES string of the molecule is Cc1ccc(O)cc1NC(=O)CCc1ccccc1O.O=C(/C=C/c1ccccc1O)Nc1cc(O)ccc1C(=O)O.O=C(/C=C/c1ccccc1O)Nc1ccc(O)cc1C(=O)O.O=C(/C=C/c1ccccc1O)Nc1ccccc1C(=O)O.O=C(CCc1cccc(O)c1)Nc1cc(O)ccc1C(=O)O.O=C(CCc1ccccc1O)Nc1ccc(O)cc1C(=O)O.O=C(CCc1ccccc1O)Nc1ccccc1C(=O)O. The molecule has 0 aliphatic rings. The molecule has 0 aliphatic carbocycles. The third-order valence-corrected chi connectivity index (χ3v) is 20.8. The molecule has 0 heterocycles. The van der Waals surface area contributed by atoms with Crippen LogP contribution in [0.4, 0.5) is 39.8 Å². The van der Waals surface area contributed by atoms with Gasteiger partial charge in [-0.2, -0.15) is 0 Å². The van der Waals surface area contributed by atoms with Crippen LogP contribution >= 0.6 is 0 Å². The Bertz CT molecular complexity index is 7320. The molecule has 0 aliphatic heterocycles. The van der Waals surface area contributed by atoms with Crippen molar-refractivity contribution in [1.29, 1.82) is 0 Å². The summed E-state index contributed by atoms with van der Waals surface area (Å²) < 4.78 is 0. The van der Waals surface area contributed by atoms with Gasteiger partial charge in [-0.3, -0.25) is 33.6 Å². The van der Waals surface area contributed by atoms with E-state index in [0.717, 1.165) is 41.0 Å². The molecule has 0 spiro atoms. The molecule has 7 amide bonds. The summed E-state index contributed by atoms with van der Waals surface area (Å²) in [5.41, 5.74) is 5.91. The predicted octanol–water partition coefficient (Wildman–Crippen LogP) is 18.0. The van der Waals surface area contributed by atoms with Crippen LogP contribution in [0, 0.1) is 6.92 Å². The maximum absolute atomic E-state index is 11.9. The van der Waals surface area contributed by atoms with Gasteiger partial charge in [-0.05, 0) is 218 Å². The normalized spacial score (nSPS) is 10.3. The number of carboxylic acid groups (broad SMARTS) is 6. The van der Waals surface area contributed by atoms with Crippen LogP contribution in [-0.2, 0) is 59.2 Å². The smallest absolute Gasteiger partial charge is 0.337 e. The summed E-state index contributed by atoms with van der Waals surface area (Å²) >= 11 is 0. The van der Waals surface area contributed by atoms with Gasteiger partial charge in [0.1, 0.15) is 69.0 Å². The fourth-order valence-corrected chi connectivity index (χ4v) is 13.2. The lowest BCUT2D eigenvalue weighted by Gasteiger charge is -2.09. The quantitative estimate of drug-likeness (QED) is 0.0142. The fraction of sp³-hybridized carbons (Fsp3) is 0.0804. The largest absolute Gasteiger partial charge is 0.508 e. The molecule has 14 aromatic rings. The molecule has 14 aromatic carbocycles. The minimum absolute atomic E-state index is 0.0144. The second kappa shape index (κ2) is 57.8. The van der Waals surface area contributed by atoms with Gasteiger partial charge in [0, 0.05) is 84.5 Å².